The van der Waals surface area contributed by atoms with Crippen molar-refractivity contribution in [2.24, 2.45) is 5.92 Å². The quantitative estimate of drug-likeness (QED) is 0.588. The summed E-state index contributed by atoms with van der Waals surface area (Å²) in [4.78, 5) is 0. The molecule has 21 heavy (non-hydrogen) atoms. The third kappa shape index (κ3) is 3.62. The van der Waals surface area contributed by atoms with Gasteiger partial charge in [-0.25, -0.2) is 8.78 Å². The van der Waals surface area contributed by atoms with Crippen molar-refractivity contribution in [1.29, 1.82) is 0 Å². The van der Waals surface area contributed by atoms with E-state index in [2.05, 4.69) is 13.8 Å². The van der Waals surface area contributed by atoms with Crippen LogP contribution in [0.5, 0.6) is 0 Å². The van der Waals surface area contributed by atoms with Crippen LogP contribution in [0.4, 0.5) is 8.78 Å². The lowest BCUT2D eigenvalue weighted by Crippen LogP contribution is -2.16. The lowest BCUT2D eigenvalue weighted by molar-refractivity contribution is 0.426. The minimum absolute atomic E-state index is 0.0610. The van der Waals surface area contributed by atoms with Gasteiger partial charge in [-0.1, -0.05) is 50.6 Å². The molecule has 2 aromatic carbocycles. The number of alkyl halides is 1. The van der Waals surface area contributed by atoms with E-state index in [9.17, 15) is 8.78 Å². The predicted octanol–water partition coefficient (Wildman–Crippen LogP) is 6.07. The van der Waals surface area contributed by atoms with Gasteiger partial charge in [-0.2, -0.15) is 0 Å². The third-order valence-corrected chi connectivity index (χ3v) is 4.52. The maximum absolute atomic E-state index is 14.0. The van der Waals surface area contributed by atoms with Crippen LogP contribution in [0, 0.1) is 17.6 Å². The largest absolute Gasteiger partial charge is 0.207 e. The molecule has 0 radical (unpaired) electrons. The number of halogens is 3. The minimum atomic E-state index is -0.599. The molecular formula is C18H19ClF2. The summed E-state index contributed by atoms with van der Waals surface area (Å²) in [5.74, 6) is -0.722. The molecule has 0 amide bonds. The summed E-state index contributed by atoms with van der Waals surface area (Å²) >= 11 is 6.55. The SMILES string of the molecule is CCC(C)C(c1ccccc1)C(Cl)c1cc(F)ccc1F. The summed E-state index contributed by atoms with van der Waals surface area (Å²) in [6.07, 6.45) is 0.916. The van der Waals surface area contributed by atoms with E-state index in [0.717, 1.165) is 24.1 Å². The van der Waals surface area contributed by atoms with Crippen molar-refractivity contribution in [3.05, 3.63) is 71.3 Å². The zero-order valence-corrected chi connectivity index (χ0v) is 12.9. The molecule has 0 aliphatic heterocycles. The van der Waals surface area contributed by atoms with Gasteiger partial charge in [-0.05, 0) is 29.7 Å². The van der Waals surface area contributed by atoms with Gasteiger partial charge in [0.25, 0.3) is 0 Å². The topological polar surface area (TPSA) is 0 Å². The first kappa shape index (κ1) is 16.0. The molecule has 0 N–H and O–H groups in total. The highest BCUT2D eigenvalue weighted by molar-refractivity contribution is 6.21. The van der Waals surface area contributed by atoms with Crippen molar-refractivity contribution in [3.63, 3.8) is 0 Å². The van der Waals surface area contributed by atoms with Crippen molar-refractivity contribution in [3.8, 4) is 0 Å². The fourth-order valence-electron chi connectivity index (χ4n) is 2.63. The molecule has 112 valence electrons. The highest BCUT2D eigenvalue weighted by Crippen LogP contribution is 2.43. The van der Waals surface area contributed by atoms with E-state index in [1.165, 1.54) is 6.07 Å². The molecule has 0 aliphatic rings. The first-order chi connectivity index (χ1) is 10.0. The van der Waals surface area contributed by atoms with Crippen LogP contribution in [0.15, 0.2) is 48.5 Å². The van der Waals surface area contributed by atoms with Gasteiger partial charge in [0.15, 0.2) is 0 Å². The Morgan fingerprint density at radius 3 is 2.33 bits per heavy atom. The standard InChI is InChI=1S/C18H19ClF2/c1-3-12(2)17(13-7-5-4-6-8-13)18(19)15-11-14(20)9-10-16(15)21/h4-12,17-18H,3H2,1-2H3. The second kappa shape index (κ2) is 7.04. The van der Waals surface area contributed by atoms with E-state index in [0.29, 0.717) is 0 Å². The average molecular weight is 309 g/mol. The maximum atomic E-state index is 14.0. The summed E-state index contributed by atoms with van der Waals surface area (Å²) in [5, 5.41) is -0.599. The lowest BCUT2D eigenvalue weighted by atomic mass is 9.80. The average Bonchev–Trinajstić information content (AvgIpc) is 2.50. The van der Waals surface area contributed by atoms with Crippen LogP contribution >= 0.6 is 11.6 Å². The Morgan fingerprint density at radius 1 is 1.05 bits per heavy atom. The van der Waals surface area contributed by atoms with Crippen molar-refractivity contribution in [2.45, 2.75) is 31.6 Å². The van der Waals surface area contributed by atoms with Crippen LogP contribution in [0.2, 0.25) is 0 Å². The smallest absolute Gasteiger partial charge is 0.128 e. The van der Waals surface area contributed by atoms with Crippen LogP contribution in [-0.2, 0) is 0 Å². The van der Waals surface area contributed by atoms with Gasteiger partial charge >= 0.3 is 0 Å². The highest BCUT2D eigenvalue weighted by atomic mass is 35.5. The monoisotopic (exact) mass is 308 g/mol. The van der Waals surface area contributed by atoms with Crippen LogP contribution in [-0.4, -0.2) is 0 Å². The molecule has 0 fully saturated rings. The molecule has 0 saturated heterocycles. The summed E-state index contributed by atoms with van der Waals surface area (Å²) in [6, 6.07) is 13.2. The van der Waals surface area contributed by atoms with Crippen LogP contribution in [0.1, 0.15) is 42.7 Å². The van der Waals surface area contributed by atoms with E-state index < -0.39 is 17.0 Å². The summed E-state index contributed by atoms with van der Waals surface area (Å²) in [6.45, 7) is 4.16. The molecule has 2 rings (SSSR count). The normalized spacial score (nSPS) is 15.5. The summed E-state index contributed by atoms with van der Waals surface area (Å²) in [7, 11) is 0. The maximum Gasteiger partial charge on any atom is 0.128 e. The van der Waals surface area contributed by atoms with Gasteiger partial charge in [-0.3, -0.25) is 0 Å². The Hall–Kier alpha value is -1.41. The van der Waals surface area contributed by atoms with Crippen LogP contribution in [0.3, 0.4) is 0 Å². The van der Waals surface area contributed by atoms with Gasteiger partial charge in [0, 0.05) is 11.5 Å². The fraction of sp³-hybridized carbons (Fsp3) is 0.333. The Morgan fingerprint density at radius 2 is 1.71 bits per heavy atom. The predicted molar refractivity (Wildman–Crippen MR) is 83.6 cm³/mol. The molecular weight excluding hydrogens is 290 g/mol. The molecule has 3 atom stereocenters. The Labute approximate surface area is 129 Å². The van der Waals surface area contributed by atoms with E-state index in [1.54, 1.807) is 0 Å². The number of benzene rings is 2. The van der Waals surface area contributed by atoms with E-state index >= 15 is 0 Å². The van der Waals surface area contributed by atoms with Gasteiger partial charge in [0.1, 0.15) is 11.6 Å². The number of hydrogen-bond acceptors (Lipinski definition) is 0. The summed E-state index contributed by atoms with van der Waals surface area (Å²) in [5.41, 5.74) is 1.28. The van der Waals surface area contributed by atoms with Crippen molar-refractivity contribution < 1.29 is 8.78 Å². The molecule has 3 unspecified atom stereocenters. The first-order valence-electron chi connectivity index (χ1n) is 7.18. The molecule has 0 bridgehead atoms. The fourth-order valence-corrected chi connectivity index (χ4v) is 3.20. The second-order valence-electron chi connectivity index (χ2n) is 5.39. The molecule has 0 saturated carbocycles. The third-order valence-electron chi connectivity index (χ3n) is 4.01. The van der Waals surface area contributed by atoms with E-state index in [1.807, 2.05) is 30.3 Å². The van der Waals surface area contributed by atoms with Crippen molar-refractivity contribution in [1.82, 2.24) is 0 Å². The Bertz CT molecular complexity index is 583. The van der Waals surface area contributed by atoms with Crippen molar-refractivity contribution in [2.75, 3.05) is 0 Å². The summed E-state index contributed by atoms with van der Waals surface area (Å²) < 4.78 is 27.4. The molecule has 0 aromatic heterocycles. The molecule has 3 heteroatoms. The first-order valence-corrected chi connectivity index (χ1v) is 7.62. The Balaban J connectivity index is 2.43. The van der Waals surface area contributed by atoms with Crippen LogP contribution < -0.4 is 0 Å². The van der Waals surface area contributed by atoms with E-state index in [4.69, 9.17) is 11.6 Å². The van der Waals surface area contributed by atoms with Gasteiger partial charge in [-0.15, -0.1) is 11.6 Å². The number of rotatable bonds is 5. The Kier molecular flexibility index (Phi) is 5.35. The zero-order chi connectivity index (χ0) is 15.4. The molecule has 0 aliphatic carbocycles. The van der Waals surface area contributed by atoms with Gasteiger partial charge < -0.3 is 0 Å². The van der Waals surface area contributed by atoms with Crippen molar-refractivity contribution >= 4 is 11.6 Å². The van der Waals surface area contributed by atoms with Crippen LogP contribution in [0.25, 0.3) is 0 Å². The molecule has 0 nitrogen and oxygen atoms in total. The second-order valence-corrected chi connectivity index (χ2v) is 5.86. The lowest BCUT2D eigenvalue weighted by Gasteiger charge is -2.28. The van der Waals surface area contributed by atoms with E-state index in [-0.39, 0.29) is 17.4 Å². The zero-order valence-electron chi connectivity index (χ0n) is 12.2. The highest BCUT2D eigenvalue weighted by Gasteiger charge is 2.29. The molecule has 2 aromatic rings. The minimum Gasteiger partial charge on any atom is -0.207 e. The molecule has 0 heterocycles. The molecule has 0 spiro atoms. The number of hydrogen-bond donors (Lipinski definition) is 0. The van der Waals surface area contributed by atoms with Gasteiger partial charge in [0.05, 0.1) is 5.38 Å². The van der Waals surface area contributed by atoms with Gasteiger partial charge in [0.2, 0.25) is 0 Å².